The maximum Gasteiger partial charge on any atom is 0.432 e. The van der Waals surface area contributed by atoms with Crippen LogP contribution in [0.2, 0.25) is 0 Å². The fraction of sp³-hybridized carbons (Fsp3) is 0.367. The average molecular weight is 648 g/mol. The monoisotopic (exact) mass is 647 g/mol. The van der Waals surface area contributed by atoms with Crippen LogP contribution < -0.4 is 14.4 Å². The van der Waals surface area contributed by atoms with E-state index in [1.807, 2.05) is 11.9 Å². The number of esters is 1. The van der Waals surface area contributed by atoms with Crippen molar-refractivity contribution in [3.05, 3.63) is 52.8 Å². The van der Waals surface area contributed by atoms with Crippen molar-refractivity contribution in [2.75, 3.05) is 64.8 Å². The molecule has 1 saturated heterocycles. The number of anilines is 1. The molecule has 2 aliphatic heterocycles. The smallest absolute Gasteiger partial charge is 0.432 e. The lowest BCUT2D eigenvalue weighted by molar-refractivity contribution is -0.141. The zero-order valence-corrected chi connectivity index (χ0v) is 25.3. The first-order chi connectivity index (χ1) is 21.4. The highest BCUT2D eigenvalue weighted by molar-refractivity contribution is 6.20. The molecule has 0 unspecified atom stereocenters. The minimum absolute atomic E-state index is 0.00550. The molecule has 11 nitrogen and oxygen atoms in total. The molecule has 0 radical (unpaired) electrons. The Balaban J connectivity index is 1.53. The van der Waals surface area contributed by atoms with E-state index in [1.54, 1.807) is 24.3 Å². The lowest BCUT2D eigenvalue weighted by atomic mass is 9.95. The van der Waals surface area contributed by atoms with Gasteiger partial charge >= 0.3 is 18.2 Å². The van der Waals surface area contributed by atoms with Crippen LogP contribution in [-0.4, -0.2) is 97.6 Å². The summed E-state index contributed by atoms with van der Waals surface area (Å²) in [5.41, 5.74) is -1.11. The van der Waals surface area contributed by atoms with Gasteiger partial charge < -0.3 is 38.9 Å². The lowest BCUT2D eigenvalue weighted by Gasteiger charge is -2.31. The number of piperazine rings is 1. The Morgan fingerprint density at radius 1 is 1.04 bits per heavy atom. The third-order valence-corrected chi connectivity index (χ3v) is 8.66. The second-order valence-electron chi connectivity index (χ2n) is 11.0. The number of amides is 2. The summed E-state index contributed by atoms with van der Waals surface area (Å²) in [5, 5.41) is 0.534. The predicted octanol–water partition coefficient (Wildman–Crippen LogP) is 5.19. The Morgan fingerprint density at radius 2 is 1.78 bits per heavy atom. The minimum Gasteiger partial charge on any atom is -0.497 e. The molecule has 1 atom stereocenters. The Hall–Kier alpha value is -4.43. The number of methoxy groups -OCH3 is 2. The number of aromatic nitrogens is 2. The SMILES string of the molecule is COC(=O)c1c(C(F)(F)F)[nH]c2c(OC(=O)N3CCN(C)CC3)cc3c(c12)[C@H](CCl)CN3C(=O)c1cc2cc(OC)ccc2[nH]1. The van der Waals surface area contributed by atoms with E-state index in [0.717, 1.165) is 7.11 Å². The van der Waals surface area contributed by atoms with Crippen LogP contribution in [-0.2, 0) is 10.9 Å². The number of likely N-dealkylation sites (N-methyl/N-ethyl adjacent to an activating group) is 1. The predicted molar refractivity (Wildman–Crippen MR) is 160 cm³/mol. The van der Waals surface area contributed by atoms with Gasteiger partial charge in [0.15, 0.2) is 5.75 Å². The topological polar surface area (TPSA) is 120 Å². The van der Waals surface area contributed by atoms with Crippen molar-refractivity contribution >= 4 is 57.1 Å². The number of H-pyrrole nitrogens is 2. The second kappa shape index (κ2) is 11.5. The van der Waals surface area contributed by atoms with Gasteiger partial charge in [0.1, 0.15) is 17.1 Å². The molecule has 2 aromatic carbocycles. The molecular formula is C30H29ClF3N5O6. The van der Waals surface area contributed by atoms with E-state index in [9.17, 15) is 27.6 Å². The number of nitrogens with one attached hydrogen (secondary N) is 2. The number of rotatable bonds is 5. The van der Waals surface area contributed by atoms with E-state index < -0.39 is 41.3 Å². The third-order valence-electron chi connectivity index (χ3n) is 8.28. The van der Waals surface area contributed by atoms with Gasteiger partial charge in [0.2, 0.25) is 0 Å². The van der Waals surface area contributed by atoms with Gasteiger partial charge in [-0.15, -0.1) is 11.6 Å². The molecule has 0 bridgehead atoms. The van der Waals surface area contributed by atoms with E-state index in [2.05, 4.69) is 9.97 Å². The molecule has 4 aromatic rings. The Kier molecular flexibility index (Phi) is 7.81. The highest BCUT2D eigenvalue weighted by atomic mass is 35.5. The van der Waals surface area contributed by atoms with Crippen molar-refractivity contribution < 1.29 is 41.8 Å². The number of ether oxygens (including phenoxy) is 3. The average Bonchev–Trinajstić information content (AvgIpc) is 3.73. The maximum atomic E-state index is 14.4. The number of nitrogens with zero attached hydrogens (tertiary/aromatic N) is 3. The molecule has 45 heavy (non-hydrogen) atoms. The minimum atomic E-state index is -5.00. The van der Waals surface area contributed by atoms with Crippen LogP contribution in [0, 0.1) is 0 Å². The summed E-state index contributed by atoms with van der Waals surface area (Å²) < 4.78 is 58.8. The summed E-state index contributed by atoms with van der Waals surface area (Å²) in [7, 11) is 4.40. The van der Waals surface area contributed by atoms with Crippen molar-refractivity contribution in [3.63, 3.8) is 0 Å². The van der Waals surface area contributed by atoms with Gasteiger partial charge in [-0.25, -0.2) is 9.59 Å². The Bertz CT molecular complexity index is 1830. The van der Waals surface area contributed by atoms with Crippen LogP contribution in [0.25, 0.3) is 21.8 Å². The molecule has 6 rings (SSSR count). The number of carbonyl (C=O) groups excluding carboxylic acids is 3. The van der Waals surface area contributed by atoms with Crippen LogP contribution in [0.1, 0.15) is 38.0 Å². The second-order valence-corrected chi connectivity index (χ2v) is 11.3. The number of hydrogen-bond acceptors (Lipinski definition) is 7. The normalized spacial score (nSPS) is 17.2. The van der Waals surface area contributed by atoms with Crippen LogP contribution in [0.3, 0.4) is 0 Å². The van der Waals surface area contributed by atoms with Crippen LogP contribution in [0.15, 0.2) is 30.3 Å². The first-order valence-corrected chi connectivity index (χ1v) is 14.6. The maximum absolute atomic E-state index is 14.4. The van der Waals surface area contributed by atoms with E-state index in [1.165, 1.54) is 23.0 Å². The number of fused-ring (bicyclic) bond motifs is 4. The molecule has 4 heterocycles. The first-order valence-electron chi connectivity index (χ1n) is 14.0. The molecule has 1 fully saturated rings. The number of halogens is 4. The molecule has 15 heteroatoms. The molecule has 0 saturated carbocycles. The van der Waals surface area contributed by atoms with Gasteiger partial charge in [0.25, 0.3) is 5.91 Å². The summed E-state index contributed by atoms with van der Waals surface area (Å²) in [4.78, 5) is 50.4. The van der Waals surface area contributed by atoms with Gasteiger partial charge in [-0.1, -0.05) is 0 Å². The summed E-state index contributed by atoms with van der Waals surface area (Å²) in [6.45, 7) is 1.85. The van der Waals surface area contributed by atoms with Crippen molar-refractivity contribution in [1.29, 1.82) is 0 Å². The Labute approximate surface area is 259 Å². The molecule has 2 aliphatic rings. The zero-order chi connectivity index (χ0) is 32.2. The number of alkyl halides is 4. The number of hydrogen-bond donors (Lipinski definition) is 2. The van der Waals surface area contributed by atoms with Crippen molar-refractivity contribution in [1.82, 2.24) is 19.8 Å². The molecular weight excluding hydrogens is 619 g/mol. The lowest BCUT2D eigenvalue weighted by Crippen LogP contribution is -2.48. The number of aromatic amines is 2. The standard InChI is InChI=1S/C30H29ClF3N5O6/c1-37-6-8-38(9-7-37)29(42)45-21-12-20-22(23-24(28(41)44-3)26(30(32,33)34)36-25(21)23)16(13-31)14-39(20)27(40)19-11-15-10-17(43-2)4-5-18(15)35-19/h4-5,10-12,16,35-36H,6-9,13-14H2,1-3H3/t16-/m1/s1. The number of benzene rings is 2. The summed E-state index contributed by atoms with van der Waals surface area (Å²) >= 11 is 6.35. The molecule has 2 aromatic heterocycles. The quantitative estimate of drug-likeness (QED) is 0.226. The van der Waals surface area contributed by atoms with Crippen molar-refractivity contribution in [2.24, 2.45) is 0 Å². The van der Waals surface area contributed by atoms with E-state index in [4.69, 9.17) is 25.8 Å². The summed E-state index contributed by atoms with van der Waals surface area (Å²) in [5.74, 6) is -2.18. The number of carbonyl (C=O) groups is 3. The third kappa shape index (κ3) is 5.31. The largest absolute Gasteiger partial charge is 0.497 e. The van der Waals surface area contributed by atoms with Gasteiger partial charge in [-0.2, -0.15) is 13.2 Å². The van der Waals surface area contributed by atoms with E-state index >= 15 is 0 Å². The molecule has 238 valence electrons. The van der Waals surface area contributed by atoms with Crippen LogP contribution >= 0.6 is 11.6 Å². The Morgan fingerprint density at radius 3 is 2.42 bits per heavy atom. The molecule has 2 N–H and O–H groups in total. The van der Waals surface area contributed by atoms with E-state index in [0.29, 0.717) is 42.8 Å². The fourth-order valence-electron chi connectivity index (χ4n) is 5.97. The first kappa shape index (κ1) is 30.6. The highest BCUT2D eigenvalue weighted by Crippen LogP contribution is 2.49. The summed E-state index contributed by atoms with van der Waals surface area (Å²) in [6.07, 6.45) is -5.77. The van der Waals surface area contributed by atoms with Crippen LogP contribution in [0.5, 0.6) is 11.5 Å². The highest BCUT2D eigenvalue weighted by Gasteiger charge is 2.44. The van der Waals surface area contributed by atoms with Crippen molar-refractivity contribution in [3.8, 4) is 11.5 Å². The fourth-order valence-corrected chi connectivity index (χ4v) is 6.22. The summed E-state index contributed by atoms with van der Waals surface area (Å²) in [6, 6.07) is 8.23. The van der Waals surface area contributed by atoms with Crippen LogP contribution in [0.4, 0.5) is 23.7 Å². The van der Waals surface area contributed by atoms with Gasteiger partial charge in [-0.05, 0) is 36.9 Å². The van der Waals surface area contributed by atoms with Gasteiger partial charge in [-0.3, -0.25) is 4.79 Å². The van der Waals surface area contributed by atoms with Crippen molar-refractivity contribution in [2.45, 2.75) is 12.1 Å². The van der Waals surface area contributed by atoms with E-state index in [-0.39, 0.29) is 46.0 Å². The van der Waals surface area contributed by atoms with Gasteiger partial charge in [0.05, 0.1) is 31.0 Å². The molecule has 2 amide bonds. The van der Waals surface area contributed by atoms with Gasteiger partial charge in [0, 0.05) is 66.9 Å². The molecule has 0 aliphatic carbocycles. The molecule has 0 spiro atoms. The zero-order valence-electron chi connectivity index (χ0n) is 24.5.